The van der Waals surface area contributed by atoms with E-state index < -0.39 is 0 Å². The molecule has 1 aromatic heterocycles. The topological polar surface area (TPSA) is 62.2 Å². The van der Waals surface area contributed by atoms with E-state index in [0.717, 1.165) is 38.8 Å². The number of hydrogen-bond donors (Lipinski definition) is 1. The number of hydrogen-bond acceptors (Lipinski definition) is 3. The first-order chi connectivity index (χ1) is 9.22. The minimum Gasteiger partial charge on any atom is -0.365 e. The van der Waals surface area contributed by atoms with Gasteiger partial charge in [-0.3, -0.25) is 15.0 Å². The normalized spacial score (nSPS) is 36.8. The zero-order valence-corrected chi connectivity index (χ0v) is 11.0. The Hall–Kier alpha value is -1.36. The van der Waals surface area contributed by atoms with Crippen LogP contribution in [0.4, 0.5) is 0 Å². The number of rotatable bonds is 2. The van der Waals surface area contributed by atoms with Crippen LogP contribution in [-0.4, -0.2) is 34.4 Å². The van der Waals surface area contributed by atoms with E-state index in [9.17, 15) is 10.1 Å². The molecule has 1 saturated carbocycles. The third-order valence-corrected chi connectivity index (χ3v) is 5.67. The number of nitrogens with zero attached hydrogens (tertiary/aromatic N) is 2. The van der Waals surface area contributed by atoms with E-state index in [0.29, 0.717) is 5.92 Å². The van der Waals surface area contributed by atoms with Crippen LogP contribution in [0.5, 0.6) is 0 Å². The molecule has 3 atom stereocenters. The van der Waals surface area contributed by atoms with Crippen molar-refractivity contribution in [2.75, 3.05) is 19.6 Å². The molecule has 1 aromatic rings. The summed E-state index contributed by atoms with van der Waals surface area (Å²) in [5.74, 6) is 0.744. The van der Waals surface area contributed by atoms with Crippen molar-refractivity contribution in [1.29, 1.82) is 0 Å². The lowest BCUT2D eigenvalue weighted by atomic mass is 9.76. The highest BCUT2D eigenvalue weighted by molar-refractivity contribution is 5.36. The van der Waals surface area contributed by atoms with Crippen molar-refractivity contribution in [3.8, 4) is 0 Å². The summed E-state index contributed by atoms with van der Waals surface area (Å²) >= 11 is 0. The molecule has 1 saturated heterocycles. The molecule has 0 amide bonds. The zero-order chi connectivity index (χ0) is 13.0. The van der Waals surface area contributed by atoms with Crippen molar-refractivity contribution in [3.05, 3.63) is 33.6 Å². The van der Waals surface area contributed by atoms with E-state index >= 15 is 0 Å². The predicted octanol–water partition coefficient (Wildman–Crippen LogP) is 1.77. The Bertz CT molecular complexity index is 527. The van der Waals surface area contributed by atoms with Gasteiger partial charge in [-0.2, -0.15) is 0 Å². The lowest BCUT2D eigenvalue weighted by molar-refractivity contribution is -0.489. The van der Waals surface area contributed by atoms with Gasteiger partial charge in [-0.15, -0.1) is 0 Å². The number of nitrogens with one attached hydrogen (secondary N) is 1. The van der Waals surface area contributed by atoms with E-state index in [4.69, 9.17) is 0 Å². The van der Waals surface area contributed by atoms with Crippen LogP contribution in [0.2, 0.25) is 0 Å². The summed E-state index contributed by atoms with van der Waals surface area (Å²) in [5.41, 5.74) is 2.92. The SMILES string of the molecule is O=[N+]([O-])C[C@@H]1CCC23c4cc[nH]c4CCN2CCC13. The second kappa shape index (κ2) is 3.82. The third-order valence-electron chi connectivity index (χ3n) is 5.67. The smallest absolute Gasteiger partial charge is 0.207 e. The van der Waals surface area contributed by atoms with Crippen molar-refractivity contribution < 1.29 is 4.92 Å². The van der Waals surface area contributed by atoms with Gasteiger partial charge in [0, 0.05) is 35.7 Å². The number of fused-ring (bicyclic) bond motifs is 1. The summed E-state index contributed by atoms with van der Waals surface area (Å²) in [7, 11) is 0. The first-order valence-electron chi connectivity index (χ1n) is 7.25. The van der Waals surface area contributed by atoms with Crippen LogP contribution in [0.1, 0.15) is 30.5 Å². The van der Waals surface area contributed by atoms with Gasteiger partial charge in [0.1, 0.15) is 0 Å². The molecular weight excluding hydrogens is 242 g/mol. The molecule has 1 N–H and O–H groups in total. The number of nitro groups is 1. The van der Waals surface area contributed by atoms with Crippen LogP contribution in [-0.2, 0) is 12.0 Å². The van der Waals surface area contributed by atoms with Crippen LogP contribution in [0.15, 0.2) is 12.3 Å². The second-order valence-electron chi connectivity index (χ2n) is 6.24. The van der Waals surface area contributed by atoms with Crippen molar-refractivity contribution >= 4 is 0 Å². The Morgan fingerprint density at radius 3 is 3.21 bits per heavy atom. The summed E-state index contributed by atoms with van der Waals surface area (Å²) in [6.07, 6.45) is 6.37. The highest BCUT2D eigenvalue weighted by Gasteiger charge is 2.59. The lowest BCUT2D eigenvalue weighted by Crippen LogP contribution is -2.47. The monoisotopic (exact) mass is 261 g/mol. The molecule has 2 fully saturated rings. The molecule has 0 radical (unpaired) electrons. The molecule has 19 heavy (non-hydrogen) atoms. The van der Waals surface area contributed by atoms with Gasteiger partial charge in [0.2, 0.25) is 6.54 Å². The fourth-order valence-electron chi connectivity index (χ4n) is 5.03. The number of aromatic nitrogens is 1. The summed E-state index contributed by atoms with van der Waals surface area (Å²) in [5, 5.41) is 10.9. The Morgan fingerprint density at radius 1 is 1.47 bits per heavy atom. The maximum atomic E-state index is 10.9. The number of H-pyrrole nitrogens is 1. The van der Waals surface area contributed by atoms with Crippen molar-refractivity contribution in [2.45, 2.75) is 31.2 Å². The highest BCUT2D eigenvalue weighted by Crippen LogP contribution is 2.58. The lowest BCUT2D eigenvalue weighted by Gasteiger charge is -2.43. The summed E-state index contributed by atoms with van der Waals surface area (Å²) in [6, 6.07) is 2.22. The first-order valence-corrected chi connectivity index (χ1v) is 7.25. The molecule has 3 aliphatic rings. The maximum Gasteiger partial charge on any atom is 0.207 e. The summed E-state index contributed by atoms with van der Waals surface area (Å²) in [6.45, 7) is 2.37. The van der Waals surface area contributed by atoms with Gasteiger partial charge < -0.3 is 4.98 Å². The maximum absolute atomic E-state index is 10.9. The number of aromatic amines is 1. The molecule has 0 aromatic carbocycles. The second-order valence-corrected chi connectivity index (χ2v) is 6.24. The molecule has 1 spiro atoms. The molecule has 2 aliphatic heterocycles. The fourth-order valence-corrected chi connectivity index (χ4v) is 5.03. The van der Waals surface area contributed by atoms with Crippen LogP contribution >= 0.6 is 0 Å². The fraction of sp³-hybridized carbons (Fsp3) is 0.714. The molecule has 102 valence electrons. The van der Waals surface area contributed by atoms with E-state index in [1.165, 1.54) is 11.3 Å². The highest BCUT2D eigenvalue weighted by atomic mass is 16.6. The average molecular weight is 261 g/mol. The van der Waals surface area contributed by atoms with Gasteiger partial charge in [-0.1, -0.05) is 0 Å². The molecule has 5 heteroatoms. The van der Waals surface area contributed by atoms with E-state index in [1.807, 2.05) is 6.20 Å². The predicted molar refractivity (Wildman–Crippen MR) is 70.4 cm³/mol. The molecule has 2 unspecified atom stereocenters. The molecule has 5 nitrogen and oxygen atoms in total. The van der Waals surface area contributed by atoms with Gasteiger partial charge in [-0.25, -0.2) is 0 Å². The van der Waals surface area contributed by atoms with Gasteiger partial charge in [-0.05, 0) is 43.4 Å². The first kappa shape index (κ1) is 11.5. The van der Waals surface area contributed by atoms with Crippen LogP contribution < -0.4 is 0 Å². The minimum absolute atomic E-state index is 0.118. The minimum atomic E-state index is -0.118. The van der Waals surface area contributed by atoms with Crippen LogP contribution in [0.25, 0.3) is 0 Å². The van der Waals surface area contributed by atoms with Gasteiger partial charge in [0.15, 0.2) is 0 Å². The Labute approximate surface area is 112 Å². The third kappa shape index (κ3) is 1.39. The summed E-state index contributed by atoms with van der Waals surface area (Å²) < 4.78 is 0. The Morgan fingerprint density at radius 2 is 2.37 bits per heavy atom. The van der Waals surface area contributed by atoms with E-state index in [2.05, 4.69) is 16.0 Å². The Balaban J connectivity index is 1.76. The molecule has 3 heterocycles. The van der Waals surface area contributed by atoms with Gasteiger partial charge >= 0.3 is 0 Å². The summed E-state index contributed by atoms with van der Waals surface area (Å²) in [4.78, 5) is 16.7. The van der Waals surface area contributed by atoms with Gasteiger partial charge in [0.05, 0.1) is 5.54 Å². The Kier molecular flexibility index (Phi) is 2.31. The molecule has 1 aliphatic carbocycles. The van der Waals surface area contributed by atoms with Gasteiger partial charge in [0.25, 0.3) is 0 Å². The van der Waals surface area contributed by atoms with Crippen molar-refractivity contribution in [3.63, 3.8) is 0 Å². The van der Waals surface area contributed by atoms with Crippen LogP contribution in [0, 0.1) is 22.0 Å². The molecular formula is C14H19N3O2. The standard InChI is InChI=1S/C14H19N3O2/c18-17(19)9-10-1-5-14-11(10)3-7-16(14)8-4-13-12(14)2-6-15-13/h2,6,10-11,15H,1,3-5,7-9H2/t10-,11?,14?/m0/s1. The molecule has 4 rings (SSSR count). The quantitative estimate of drug-likeness (QED) is 0.652. The zero-order valence-electron chi connectivity index (χ0n) is 11.0. The van der Waals surface area contributed by atoms with Crippen molar-refractivity contribution in [1.82, 2.24) is 9.88 Å². The largest absolute Gasteiger partial charge is 0.365 e. The van der Waals surface area contributed by atoms with E-state index in [1.54, 1.807) is 0 Å². The van der Waals surface area contributed by atoms with Crippen LogP contribution in [0.3, 0.4) is 0 Å². The average Bonchev–Trinajstić information content (AvgIpc) is 3.02. The molecule has 0 bridgehead atoms. The van der Waals surface area contributed by atoms with Crippen molar-refractivity contribution in [2.24, 2.45) is 11.8 Å². The van der Waals surface area contributed by atoms with E-state index in [-0.39, 0.29) is 22.9 Å².